The SMILES string of the molecule is CCC(CCC(C)[C@H]1CC[C@H]2[C@@H]3CC=C4C[C@@H](OC(=O)C(C)(C)Oc5ccc(Cl)cc5)CC[C@]4(C)[C@H]3CC[C@]12C)C(C)C. The number of halogens is 1. The van der Waals surface area contributed by atoms with Gasteiger partial charge < -0.3 is 9.47 Å². The lowest BCUT2D eigenvalue weighted by Gasteiger charge is -2.58. The second kappa shape index (κ2) is 12.7. The smallest absolute Gasteiger partial charge is 0.350 e. The number of ether oxygens (including phenoxy) is 2. The molecule has 0 spiro atoms. The number of esters is 1. The van der Waals surface area contributed by atoms with Crippen molar-refractivity contribution >= 4 is 17.6 Å². The van der Waals surface area contributed by atoms with E-state index in [0.717, 1.165) is 60.7 Å². The Balaban J connectivity index is 1.22. The molecule has 0 amide bonds. The number of hydrogen-bond donors (Lipinski definition) is 0. The maximum atomic E-state index is 13.3. The van der Waals surface area contributed by atoms with Crippen LogP contribution in [-0.4, -0.2) is 17.7 Å². The molecule has 2 unspecified atom stereocenters. The van der Waals surface area contributed by atoms with Crippen LogP contribution in [0.2, 0.25) is 5.02 Å². The zero-order valence-corrected chi connectivity index (χ0v) is 29.1. The van der Waals surface area contributed by atoms with Gasteiger partial charge in [0.05, 0.1) is 0 Å². The van der Waals surface area contributed by atoms with Crippen LogP contribution in [0.5, 0.6) is 5.75 Å². The van der Waals surface area contributed by atoms with Crippen molar-refractivity contribution in [3.05, 3.63) is 40.9 Å². The number of benzene rings is 1. The molecular weight excluding hydrogens is 552 g/mol. The van der Waals surface area contributed by atoms with E-state index in [1.807, 2.05) is 0 Å². The lowest BCUT2D eigenvalue weighted by Crippen LogP contribution is -2.51. The Morgan fingerprint density at radius 3 is 2.40 bits per heavy atom. The normalized spacial score (nSPS) is 35.3. The molecule has 5 rings (SSSR count). The Hall–Kier alpha value is -1.48. The molecule has 1 aromatic rings. The van der Waals surface area contributed by atoms with E-state index in [2.05, 4.69) is 47.6 Å². The highest BCUT2D eigenvalue weighted by Crippen LogP contribution is 2.67. The van der Waals surface area contributed by atoms with E-state index in [1.165, 1.54) is 51.4 Å². The van der Waals surface area contributed by atoms with Gasteiger partial charge in [0, 0.05) is 11.4 Å². The number of carbonyl (C=O) groups is 1. The third-order valence-corrected chi connectivity index (χ3v) is 13.5. The molecule has 0 aliphatic heterocycles. The first-order chi connectivity index (χ1) is 20.3. The summed E-state index contributed by atoms with van der Waals surface area (Å²) in [4.78, 5) is 13.3. The van der Waals surface area contributed by atoms with E-state index >= 15 is 0 Å². The van der Waals surface area contributed by atoms with Gasteiger partial charge in [0.25, 0.3) is 0 Å². The number of carbonyl (C=O) groups excluding carboxylic acids is 1. The van der Waals surface area contributed by atoms with Gasteiger partial charge in [0.1, 0.15) is 11.9 Å². The second-order valence-corrected chi connectivity index (χ2v) is 16.7. The third-order valence-electron chi connectivity index (χ3n) is 13.2. The molecule has 0 heterocycles. The fourth-order valence-electron chi connectivity index (χ4n) is 10.5. The molecule has 1 aromatic carbocycles. The zero-order chi connectivity index (χ0) is 31.2. The molecule has 0 bridgehead atoms. The molecule has 43 heavy (non-hydrogen) atoms. The first kappa shape index (κ1) is 32.9. The van der Waals surface area contributed by atoms with Crippen LogP contribution in [0.4, 0.5) is 0 Å². The summed E-state index contributed by atoms with van der Waals surface area (Å²) in [7, 11) is 0. The molecule has 4 aliphatic carbocycles. The highest BCUT2D eigenvalue weighted by molar-refractivity contribution is 6.30. The zero-order valence-electron chi connectivity index (χ0n) is 28.4. The molecule has 3 fully saturated rings. The molecule has 0 aromatic heterocycles. The number of allylic oxidation sites excluding steroid dienone is 1. The van der Waals surface area contributed by atoms with Crippen molar-refractivity contribution in [1.29, 1.82) is 0 Å². The molecule has 9 atom stereocenters. The minimum atomic E-state index is -1.06. The van der Waals surface area contributed by atoms with Gasteiger partial charge >= 0.3 is 5.97 Å². The van der Waals surface area contributed by atoms with E-state index in [4.69, 9.17) is 21.1 Å². The van der Waals surface area contributed by atoms with E-state index < -0.39 is 5.60 Å². The summed E-state index contributed by atoms with van der Waals surface area (Å²) < 4.78 is 12.2. The van der Waals surface area contributed by atoms with Crippen molar-refractivity contribution in [2.24, 2.45) is 52.3 Å². The van der Waals surface area contributed by atoms with Crippen LogP contribution in [-0.2, 0) is 9.53 Å². The van der Waals surface area contributed by atoms with Gasteiger partial charge in [0.15, 0.2) is 5.60 Å². The van der Waals surface area contributed by atoms with Crippen molar-refractivity contribution in [3.8, 4) is 5.75 Å². The van der Waals surface area contributed by atoms with Crippen LogP contribution in [0.25, 0.3) is 0 Å². The van der Waals surface area contributed by atoms with Crippen LogP contribution in [0.3, 0.4) is 0 Å². The van der Waals surface area contributed by atoms with Crippen LogP contribution in [0.1, 0.15) is 126 Å². The molecular formula is C39H59ClO3. The Kier molecular flexibility index (Phi) is 9.74. The van der Waals surface area contributed by atoms with Crippen LogP contribution < -0.4 is 4.74 Å². The predicted octanol–water partition coefficient (Wildman–Crippen LogP) is 11.1. The maximum Gasteiger partial charge on any atom is 0.350 e. The summed E-state index contributed by atoms with van der Waals surface area (Å²) in [5.74, 6) is 6.18. The average molecular weight is 611 g/mol. The minimum Gasteiger partial charge on any atom is -0.476 e. The average Bonchev–Trinajstić information content (AvgIpc) is 3.31. The molecule has 4 aliphatic rings. The summed E-state index contributed by atoms with van der Waals surface area (Å²) in [6.45, 7) is 18.6. The topological polar surface area (TPSA) is 35.5 Å². The molecule has 240 valence electrons. The molecule has 3 saturated carbocycles. The summed E-state index contributed by atoms with van der Waals surface area (Å²) in [6, 6.07) is 7.14. The maximum absolute atomic E-state index is 13.3. The van der Waals surface area contributed by atoms with Crippen molar-refractivity contribution in [2.75, 3.05) is 0 Å². The lowest BCUT2D eigenvalue weighted by atomic mass is 9.47. The van der Waals surface area contributed by atoms with Gasteiger partial charge in [0.2, 0.25) is 0 Å². The molecule has 3 nitrogen and oxygen atoms in total. The standard InChI is InChI=1S/C39H59ClO3/c1-9-27(25(2)3)11-10-26(4)33-18-19-34-32-17-12-28-24-31(20-22-38(28,7)35(32)21-23-39(33,34)8)42-36(41)37(5,6)43-30-15-13-29(40)14-16-30/h12-16,25-27,31-35H,9-11,17-24H2,1-8H3/t26?,27?,31-,32-,33+,34-,35-,38-,39+/m0/s1. The molecule has 0 N–H and O–H groups in total. The summed E-state index contributed by atoms with van der Waals surface area (Å²) in [5.41, 5.74) is 1.25. The van der Waals surface area contributed by atoms with Gasteiger partial charge in [-0.2, -0.15) is 0 Å². The first-order valence-corrected chi connectivity index (χ1v) is 18.0. The van der Waals surface area contributed by atoms with Crippen LogP contribution >= 0.6 is 11.6 Å². The summed E-state index contributed by atoms with van der Waals surface area (Å²) in [6.07, 6.45) is 16.4. The fourth-order valence-corrected chi connectivity index (χ4v) is 10.6. The van der Waals surface area contributed by atoms with E-state index in [1.54, 1.807) is 43.7 Å². The summed E-state index contributed by atoms with van der Waals surface area (Å²) in [5, 5.41) is 0.646. The van der Waals surface area contributed by atoms with Gasteiger partial charge in [-0.3, -0.25) is 0 Å². The van der Waals surface area contributed by atoms with Crippen molar-refractivity contribution < 1.29 is 14.3 Å². The number of fused-ring (bicyclic) bond motifs is 5. The monoisotopic (exact) mass is 610 g/mol. The molecule has 0 radical (unpaired) electrons. The van der Waals surface area contributed by atoms with Gasteiger partial charge in [-0.05, 0) is 142 Å². The van der Waals surface area contributed by atoms with E-state index in [9.17, 15) is 4.79 Å². The Morgan fingerprint density at radius 2 is 1.72 bits per heavy atom. The highest BCUT2D eigenvalue weighted by Gasteiger charge is 2.59. The van der Waals surface area contributed by atoms with Crippen molar-refractivity contribution in [1.82, 2.24) is 0 Å². The van der Waals surface area contributed by atoms with Crippen molar-refractivity contribution in [2.45, 2.75) is 138 Å². The second-order valence-electron chi connectivity index (χ2n) is 16.3. The Labute approximate surface area is 267 Å². The number of hydrogen-bond acceptors (Lipinski definition) is 3. The highest BCUT2D eigenvalue weighted by atomic mass is 35.5. The third kappa shape index (κ3) is 6.45. The molecule has 4 heteroatoms. The Bertz CT molecular complexity index is 1150. The first-order valence-electron chi connectivity index (χ1n) is 17.6. The minimum absolute atomic E-state index is 0.0696. The van der Waals surface area contributed by atoms with Gasteiger partial charge in [-0.1, -0.05) is 77.6 Å². The summed E-state index contributed by atoms with van der Waals surface area (Å²) >= 11 is 6.02. The van der Waals surface area contributed by atoms with Gasteiger partial charge in [-0.15, -0.1) is 0 Å². The van der Waals surface area contributed by atoms with Crippen LogP contribution in [0.15, 0.2) is 35.9 Å². The van der Waals surface area contributed by atoms with Crippen LogP contribution in [0, 0.1) is 52.3 Å². The Morgan fingerprint density at radius 1 is 1.00 bits per heavy atom. The molecule has 0 saturated heterocycles. The predicted molar refractivity (Wildman–Crippen MR) is 178 cm³/mol. The number of rotatable bonds is 10. The van der Waals surface area contributed by atoms with E-state index in [-0.39, 0.29) is 17.5 Å². The quantitative estimate of drug-likeness (QED) is 0.195. The van der Waals surface area contributed by atoms with E-state index in [0.29, 0.717) is 16.2 Å². The fraction of sp³-hybridized carbons (Fsp3) is 0.769. The van der Waals surface area contributed by atoms with Crippen molar-refractivity contribution in [3.63, 3.8) is 0 Å². The largest absolute Gasteiger partial charge is 0.476 e. The lowest BCUT2D eigenvalue weighted by molar-refractivity contribution is -0.167. The van der Waals surface area contributed by atoms with Gasteiger partial charge in [-0.25, -0.2) is 4.79 Å².